The summed E-state index contributed by atoms with van der Waals surface area (Å²) in [5.74, 6) is -1.44. The number of aromatic nitrogens is 1. The van der Waals surface area contributed by atoms with Crippen molar-refractivity contribution in [3.63, 3.8) is 0 Å². The second-order valence-corrected chi connectivity index (χ2v) is 31.7. The smallest absolute Gasteiger partial charge is 0.194 e. The lowest BCUT2D eigenvalue weighted by atomic mass is 9.67. The number of ketones is 2. The summed E-state index contributed by atoms with van der Waals surface area (Å²) in [5.41, 5.74) is 15.0. The number of allylic oxidation sites excluding steroid dienone is 7. The summed E-state index contributed by atoms with van der Waals surface area (Å²) in [4.78, 5) is 44.7. The Kier molecular flexibility index (Phi) is 20.1. The van der Waals surface area contributed by atoms with Crippen LogP contribution in [-0.4, -0.2) is 22.8 Å². The Bertz CT molecular complexity index is 4900. The number of nitriles is 4. The highest BCUT2D eigenvalue weighted by atomic mass is 32.1. The molecule has 5 aliphatic rings. The molecule has 14 rings (SSSR count). The Hall–Kier alpha value is -9.24. The predicted molar refractivity (Wildman–Crippen MR) is 412 cm³/mol. The first-order valence-electron chi connectivity index (χ1n) is 36.1. The molecule has 6 heterocycles. The van der Waals surface area contributed by atoms with Crippen molar-refractivity contribution in [3.05, 3.63) is 255 Å². The number of aryl methyl sites for hydroxylation is 4. The van der Waals surface area contributed by atoms with Gasteiger partial charge < -0.3 is 0 Å². The van der Waals surface area contributed by atoms with Crippen molar-refractivity contribution in [2.75, 3.05) is 0 Å². The third kappa shape index (κ3) is 11.8. The fourth-order valence-corrected chi connectivity index (χ4v) is 22.1. The van der Waals surface area contributed by atoms with Crippen LogP contribution >= 0.6 is 45.3 Å². The fraction of sp³-hybridized carbons (Fsp3) is 0.318. The minimum atomic E-state index is -0.861. The van der Waals surface area contributed by atoms with E-state index in [2.05, 4.69) is 171 Å². The summed E-state index contributed by atoms with van der Waals surface area (Å²) in [5, 5.41) is 42.0. The minimum Gasteiger partial charge on any atom is -0.293 e. The van der Waals surface area contributed by atoms with Crippen LogP contribution in [0, 0.1) is 57.2 Å². The number of Topliss-reactive ketones (excluding diaryl/α,β-unsaturated/α-hetero) is 2. The van der Waals surface area contributed by atoms with E-state index in [1.54, 1.807) is 59.6 Å². The fourth-order valence-electron chi connectivity index (χ4n) is 16.4. The van der Waals surface area contributed by atoms with Gasteiger partial charge in [0.25, 0.3) is 0 Å². The highest BCUT2D eigenvalue weighted by Gasteiger charge is 2.55. The molecule has 0 spiro atoms. The molecule has 1 fully saturated rings. The van der Waals surface area contributed by atoms with Crippen LogP contribution in [0.5, 0.6) is 0 Å². The summed E-state index contributed by atoms with van der Waals surface area (Å²) in [7, 11) is 0. The van der Waals surface area contributed by atoms with Gasteiger partial charge in [-0.05, 0) is 137 Å². The van der Waals surface area contributed by atoms with Crippen LogP contribution in [0.3, 0.4) is 0 Å². The van der Waals surface area contributed by atoms with Crippen LogP contribution in [0.1, 0.15) is 223 Å². The number of benzene rings is 4. The second-order valence-electron chi connectivity index (χ2n) is 27.5. The molecule has 2 atom stereocenters. The molecule has 0 saturated heterocycles. The average Bonchev–Trinajstić information content (AvgIpc) is 1.49. The molecule has 1 aliphatic heterocycles. The van der Waals surface area contributed by atoms with Crippen molar-refractivity contribution in [3.8, 4) is 43.8 Å². The van der Waals surface area contributed by atoms with E-state index < -0.39 is 22.7 Å². The van der Waals surface area contributed by atoms with Crippen molar-refractivity contribution >= 4 is 90.3 Å². The molecule has 100 heavy (non-hydrogen) atoms. The second kappa shape index (κ2) is 29.5. The van der Waals surface area contributed by atoms with Crippen molar-refractivity contribution < 1.29 is 9.59 Å². The summed E-state index contributed by atoms with van der Waals surface area (Å²) in [6.07, 6.45) is 34.9. The highest BCUT2D eigenvalue weighted by Crippen LogP contribution is 2.70. The summed E-state index contributed by atoms with van der Waals surface area (Å²) >= 11 is 7.11. The zero-order valence-corrected chi connectivity index (χ0v) is 60.7. The molecule has 4 aromatic carbocycles. The van der Waals surface area contributed by atoms with Gasteiger partial charge in [0.15, 0.2) is 11.6 Å². The molecular formula is C88H80N6O2S4. The first-order chi connectivity index (χ1) is 49.1. The number of carbonyl (C=O) groups excluding carboxylic acids is 2. The maximum atomic E-state index is 14.8. The van der Waals surface area contributed by atoms with Crippen LogP contribution in [0.4, 0.5) is 0 Å². The minimum absolute atomic E-state index is 0.0700. The van der Waals surface area contributed by atoms with Crippen molar-refractivity contribution in [2.24, 2.45) is 16.8 Å². The number of nitrogens with zero attached hydrogens (tertiary/aromatic N) is 6. The molecule has 1 saturated carbocycles. The Morgan fingerprint density at radius 2 is 0.880 bits per heavy atom. The van der Waals surface area contributed by atoms with Crippen LogP contribution in [-0.2, 0) is 41.3 Å². The van der Waals surface area contributed by atoms with E-state index in [9.17, 15) is 30.6 Å². The van der Waals surface area contributed by atoms with E-state index in [0.29, 0.717) is 33.4 Å². The summed E-state index contributed by atoms with van der Waals surface area (Å²) in [6, 6.07) is 52.7. The maximum absolute atomic E-state index is 14.8. The standard InChI is InChI=1S/C88H80N6O2S4/c1-5-9-13-17-21-55-25-33-61(34-26-55)87(62-35-27-56(28-36-62)22-18-14-10-6-2)73-47-65(45-69-75(59(49-89)50-90)71-53-93-43-41-67(71)79(69)95)97-81(73)83-77(87)85-86(99-83)78-84(100-85)82-74(48-66(98-82)46-70-76(60(51-91)52-92)72-54-94-44-42-68(72)80(70)96)88(78,63-37-29-57(30-38-63)23-19-15-11-7-3)64-39-31-58(32-40-64)24-20-16-12-8-4/h25-48,53-54,67,71H,5-24H2,1-4H3/b69-45-,70-46-. The molecule has 0 amide bonds. The average molecular weight is 1380 g/mol. The lowest BCUT2D eigenvalue weighted by molar-refractivity contribution is -0.116. The number of hydrogen-bond donors (Lipinski definition) is 0. The Morgan fingerprint density at radius 3 is 1.28 bits per heavy atom. The Morgan fingerprint density at radius 1 is 0.470 bits per heavy atom. The van der Waals surface area contributed by atoms with E-state index in [1.807, 2.05) is 34.8 Å². The summed E-state index contributed by atoms with van der Waals surface area (Å²) < 4.78 is 2.43. The van der Waals surface area contributed by atoms with Gasteiger partial charge in [-0.3, -0.25) is 19.6 Å². The number of fused-ring (bicyclic) bond motifs is 11. The number of pyridine rings is 1. The van der Waals surface area contributed by atoms with Crippen LogP contribution in [0.15, 0.2) is 173 Å². The lowest BCUT2D eigenvalue weighted by Crippen LogP contribution is -2.29. The molecule has 12 heteroatoms. The van der Waals surface area contributed by atoms with Crippen molar-refractivity contribution in [1.82, 2.24) is 4.98 Å². The zero-order valence-electron chi connectivity index (χ0n) is 57.4. The summed E-state index contributed by atoms with van der Waals surface area (Å²) in [6.45, 7) is 9.03. The van der Waals surface area contributed by atoms with E-state index in [1.165, 1.54) is 130 Å². The largest absolute Gasteiger partial charge is 0.293 e. The predicted octanol–water partition coefficient (Wildman–Crippen LogP) is 22.9. The maximum Gasteiger partial charge on any atom is 0.194 e. The van der Waals surface area contributed by atoms with Crippen LogP contribution in [0.2, 0.25) is 0 Å². The zero-order chi connectivity index (χ0) is 69.1. The van der Waals surface area contributed by atoms with Gasteiger partial charge in [-0.1, -0.05) is 208 Å². The monoisotopic (exact) mass is 1380 g/mol. The first kappa shape index (κ1) is 67.9. The Balaban J connectivity index is 1.06. The quantitative estimate of drug-likeness (QED) is 0.0297. The van der Waals surface area contributed by atoms with E-state index in [0.717, 1.165) is 104 Å². The van der Waals surface area contributed by atoms with Gasteiger partial charge in [-0.2, -0.15) is 21.0 Å². The molecule has 5 aromatic heterocycles. The number of aliphatic imine (C=N–C) groups is 1. The third-order valence-electron chi connectivity index (χ3n) is 21.4. The molecular weight excluding hydrogens is 1300 g/mol. The number of carbonyl (C=O) groups is 2. The van der Waals surface area contributed by atoms with Gasteiger partial charge >= 0.3 is 0 Å². The first-order valence-corrected chi connectivity index (χ1v) is 39.4. The third-order valence-corrected chi connectivity index (χ3v) is 26.4. The van der Waals surface area contributed by atoms with Gasteiger partial charge in [0, 0.05) is 85.0 Å². The molecule has 4 aliphatic carbocycles. The van der Waals surface area contributed by atoms with E-state index >= 15 is 0 Å². The van der Waals surface area contributed by atoms with Crippen LogP contribution in [0.25, 0.3) is 46.6 Å². The normalized spacial score (nSPS) is 17.1. The number of rotatable bonds is 26. The SMILES string of the molecule is CCCCCCc1ccc(C2(c3ccc(CCCCCC)cc3)c3cc(/C=C4\C(=O)c5ccncc5C4=C(C#N)C#N)sc3-c3sc4c5c(sc4c32)-c2sc(/C=C3\C(=O)C4C=CN=CC4C3=C(C#N)C#N)cc2C5(c2ccc(CCCCCC)cc2)c2ccc(CCCCCC)cc2)cc1. The number of hydrogen-bond acceptors (Lipinski definition) is 12. The van der Waals surface area contributed by atoms with Crippen molar-refractivity contribution in [1.29, 1.82) is 21.0 Å². The molecule has 498 valence electrons. The lowest BCUT2D eigenvalue weighted by Gasteiger charge is -2.34. The topological polar surface area (TPSA) is 155 Å². The Labute approximate surface area is 604 Å². The van der Waals surface area contributed by atoms with Crippen LogP contribution < -0.4 is 0 Å². The molecule has 8 nitrogen and oxygen atoms in total. The number of unbranched alkanes of at least 4 members (excludes halogenated alkanes) is 12. The van der Waals surface area contributed by atoms with E-state index in [-0.39, 0.29) is 22.7 Å². The number of thiophene rings is 4. The molecule has 2 unspecified atom stereocenters. The molecule has 0 N–H and O–H groups in total. The van der Waals surface area contributed by atoms with Gasteiger partial charge in [-0.25, -0.2) is 0 Å². The molecule has 0 bridgehead atoms. The van der Waals surface area contributed by atoms with Crippen molar-refractivity contribution in [2.45, 2.75) is 167 Å². The van der Waals surface area contributed by atoms with Gasteiger partial charge in [0.2, 0.25) is 0 Å². The van der Waals surface area contributed by atoms with Gasteiger partial charge in [-0.15, -0.1) is 45.3 Å². The van der Waals surface area contributed by atoms with E-state index in [4.69, 9.17) is 0 Å². The molecule has 0 radical (unpaired) electrons. The molecule has 9 aromatic rings. The van der Waals surface area contributed by atoms with Gasteiger partial charge in [0.1, 0.15) is 35.4 Å². The van der Waals surface area contributed by atoms with Gasteiger partial charge in [0.05, 0.1) is 45.7 Å². The highest BCUT2D eigenvalue weighted by molar-refractivity contribution is 7.34.